The molecule has 0 saturated carbocycles. The van der Waals surface area contributed by atoms with E-state index in [1.165, 1.54) is 0 Å². The predicted octanol–water partition coefficient (Wildman–Crippen LogP) is 2.64. The van der Waals surface area contributed by atoms with Gasteiger partial charge < -0.3 is 20.4 Å². The molecule has 0 aliphatic carbocycles. The Hall–Kier alpha value is -2.19. The van der Waals surface area contributed by atoms with Crippen LogP contribution >= 0.6 is 11.3 Å². The van der Waals surface area contributed by atoms with Crippen molar-refractivity contribution >= 4 is 23.0 Å². The smallest absolute Gasteiger partial charge is 0.191 e. The largest absolute Gasteiger partial charge is 0.367 e. The Bertz CT molecular complexity index is 813. The molecule has 0 atom stereocenters. The number of benzene rings is 1. The fourth-order valence-electron chi connectivity index (χ4n) is 3.46. The second kappa shape index (κ2) is 10.5. The highest BCUT2D eigenvalue weighted by molar-refractivity contribution is 7.09. The van der Waals surface area contributed by atoms with E-state index in [2.05, 4.69) is 42.7 Å². The van der Waals surface area contributed by atoms with Gasteiger partial charge in [0.2, 0.25) is 0 Å². The van der Waals surface area contributed by atoms with Gasteiger partial charge in [-0.15, -0.1) is 11.3 Å². The highest BCUT2D eigenvalue weighted by Gasteiger charge is 2.18. The molecule has 1 fully saturated rings. The number of hydrogen-bond donors (Lipinski definition) is 2. The van der Waals surface area contributed by atoms with Crippen molar-refractivity contribution in [2.24, 2.45) is 4.99 Å². The molecule has 0 bridgehead atoms. The van der Waals surface area contributed by atoms with E-state index >= 15 is 0 Å². The molecule has 1 aromatic heterocycles. The number of hydrogen-bond acceptors (Lipinski definition) is 5. The molecule has 158 valence electrons. The van der Waals surface area contributed by atoms with Crippen molar-refractivity contribution in [3.8, 4) is 0 Å². The van der Waals surface area contributed by atoms with Gasteiger partial charge in [-0.25, -0.2) is 9.37 Å². The number of halogens is 1. The number of likely N-dealkylation sites (N-methyl/N-ethyl adjacent to an activating group) is 1. The Morgan fingerprint density at radius 3 is 2.66 bits per heavy atom. The summed E-state index contributed by atoms with van der Waals surface area (Å²) in [5, 5.41) is 9.70. The Morgan fingerprint density at radius 1 is 1.24 bits per heavy atom. The van der Waals surface area contributed by atoms with Crippen molar-refractivity contribution in [1.29, 1.82) is 0 Å². The Morgan fingerprint density at radius 2 is 2.03 bits per heavy atom. The maximum Gasteiger partial charge on any atom is 0.191 e. The normalized spacial score (nSPS) is 15.6. The molecule has 2 aromatic rings. The fraction of sp³-hybridized carbons (Fsp3) is 0.524. The quantitative estimate of drug-likeness (QED) is 0.535. The summed E-state index contributed by atoms with van der Waals surface area (Å²) in [7, 11) is 1.74. The summed E-state index contributed by atoms with van der Waals surface area (Å²) < 4.78 is 14.7. The number of aryl methyl sites for hydroxylation is 1. The average Bonchev–Trinajstić information content (AvgIpc) is 3.15. The molecule has 8 heteroatoms. The third kappa shape index (κ3) is 6.14. The Balaban J connectivity index is 1.47. The van der Waals surface area contributed by atoms with E-state index in [9.17, 15) is 4.39 Å². The van der Waals surface area contributed by atoms with E-state index in [1.807, 2.05) is 19.1 Å². The van der Waals surface area contributed by atoms with E-state index in [0.717, 1.165) is 62.0 Å². The number of piperazine rings is 1. The van der Waals surface area contributed by atoms with Crippen LogP contribution in [0.5, 0.6) is 0 Å². The van der Waals surface area contributed by atoms with Crippen molar-refractivity contribution in [3.05, 3.63) is 45.7 Å². The molecule has 1 aliphatic rings. The van der Waals surface area contributed by atoms with Gasteiger partial charge in [0.1, 0.15) is 5.82 Å². The molecule has 1 aliphatic heterocycles. The van der Waals surface area contributed by atoms with Gasteiger partial charge in [-0.05, 0) is 31.2 Å². The molecule has 0 radical (unpaired) electrons. The molecule has 0 amide bonds. The van der Waals surface area contributed by atoms with Gasteiger partial charge in [-0.3, -0.25) is 4.99 Å². The molecule has 0 spiro atoms. The number of guanidine groups is 1. The van der Waals surface area contributed by atoms with Crippen LogP contribution in [0, 0.1) is 12.7 Å². The SMILES string of the molecule is CCN1CCN(c2ccc(CNC(=NC)NCCc3csc(C)n3)cc2F)CC1. The van der Waals surface area contributed by atoms with Gasteiger partial charge in [0.05, 0.1) is 16.4 Å². The average molecular weight is 419 g/mol. The molecule has 2 heterocycles. The maximum atomic E-state index is 14.7. The highest BCUT2D eigenvalue weighted by Crippen LogP contribution is 2.22. The second-order valence-electron chi connectivity index (χ2n) is 7.17. The van der Waals surface area contributed by atoms with Crippen molar-refractivity contribution in [1.82, 2.24) is 20.5 Å². The number of nitrogens with zero attached hydrogens (tertiary/aromatic N) is 4. The molecule has 6 nitrogen and oxygen atoms in total. The first-order chi connectivity index (χ1) is 14.1. The van der Waals surface area contributed by atoms with Crippen LogP contribution in [-0.2, 0) is 13.0 Å². The molecular weight excluding hydrogens is 387 g/mol. The molecule has 2 N–H and O–H groups in total. The predicted molar refractivity (Wildman–Crippen MR) is 119 cm³/mol. The first-order valence-electron chi connectivity index (χ1n) is 10.2. The lowest BCUT2D eigenvalue weighted by molar-refractivity contribution is 0.270. The Labute approximate surface area is 176 Å². The van der Waals surface area contributed by atoms with E-state index in [1.54, 1.807) is 24.5 Å². The van der Waals surface area contributed by atoms with Crippen LogP contribution in [0.15, 0.2) is 28.6 Å². The van der Waals surface area contributed by atoms with E-state index in [4.69, 9.17) is 0 Å². The number of nitrogens with one attached hydrogen (secondary N) is 2. The van der Waals surface area contributed by atoms with Crippen molar-refractivity contribution in [2.75, 3.05) is 51.2 Å². The number of aromatic nitrogens is 1. The van der Waals surface area contributed by atoms with Crippen LogP contribution < -0.4 is 15.5 Å². The molecule has 1 aromatic carbocycles. The van der Waals surface area contributed by atoms with E-state index in [-0.39, 0.29) is 5.82 Å². The lowest BCUT2D eigenvalue weighted by atomic mass is 10.1. The molecule has 3 rings (SSSR count). The van der Waals surface area contributed by atoms with Crippen LogP contribution in [0.2, 0.25) is 0 Å². The summed E-state index contributed by atoms with van der Waals surface area (Å²) in [6, 6.07) is 5.51. The zero-order valence-corrected chi connectivity index (χ0v) is 18.4. The van der Waals surface area contributed by atoms with Crippen LogP contribution in [0.4, 0.5) is 10.1 Å². The van der Waals surface area contributed by atoms with Crippen LogP contribution in [0.1, 0.15) is 23.2 Å². The number of rotatable bonds is 7. The number of thiazole rings is 1. The zero-order chi connectivity index (χ0) is 20.6. The van der Waals surface area contributed by atoms with Gasteiger partial charge in [0.25, 0.3) is 0 Å². The molecule has 0 unspecified atom stereocenters. The standard InChI is InChI=1S/C21H31FN6S/c1-4-27-9-11-28(12-10-27)20-6-5-17(13-19(20)22)14-25-21(23-3)24-8-7-18-15-29-16(2)26-18/h5-6,13,15H,4,7-12,14H2,1-3H3,(H2,23,24,25). The van der Waals surface area contributed by atoms with Crippen molar-refractivity contribution < 1.29 is 4.39 Å². The molecular formula is C21H31FN6S. The van der Waals surface area contributed by atoms with E-state index in [0.29, 0.717) is 18.2 Å². The lowest BCUT2D eigenvalue weighted by Crippen LogP contribution is -2.46. The lowest BCUT2D eigenvalue weighted by Gasteiger charge is -2.35. The van der Waals surface area contributed by atoms with Gasteiger partial charge in [0.15, 0.2) is 5.96 Å². The maximum absolute atomic E-state index is 14.7. The summed E-state index contributed by atoms with van der Waals surface area (Å²) >= 11 is 1.66. The van der Waals surface area contributed by atoms with Gasteiger partial charge in [-0.1, -0.05) is 13.0 Å². The van der Waals surface area contributed by atoms with Crippen LogP contribution in [-0.4, -0.2) is 62.2 Å². The topological polar surface area (TPSA) is 55.8 Å². The Kier molecular flexibility index (Phi) is 7.83. The minimum Gasteiger partial charge on any atom is -0.367 e. The summed E-state index contributed by atoms with van der Waals surface area (Å²) in [4.78, 5) is 13.2. The van der Waals surface area contributed by atoms with E-state index < -0.39 is 0 Å². The summed E-state index contributed by atoms with van der Waals surface area (Å²) in [6.45, 7) is 10.2. The molecule has 1 saturated heterocycles. The van der Waals surface area contributed by atoms with Crippen molar-refractivity contribution in [2.45, 2.75) is 26.8 Å². The summed E-state index contributed by atoms with van der Waals surface area (Å²) in [5.74, 6) is 0.549. The highest BCUT2D eigenvalue weighted by atomic mass is 32.1. The fourth-order valence-corrected chi connectivity index (χ4v) is 4.11. The summed E-state index contributed by atoms with van der Waals surface area (Å²) in [6.07, 6.45) is 0.847. The number of anilines is 1. The summed E-state index contributed by atoms with van der Waals surface area (Å²) in [5.41, 5.74) is 2.69. The van der Waals surface area contributed by atoms with Gasteiger partial charge in [0, 0.05) is 58.1 Å². The number of aliphatic imine (C=N–C) groups is 1. The van der Waals surface area contributed by atoms with Crippen LogP contribution in [0.25, 0.3) is 0 Å². The zero-order valence-electron chi connectivity index (χ0n) is 17.5. The monoisotopic (exact) mass is 418 g/mol. The second-order valence-corrected chi connectivity index (χ2v) is 8.23. The van der Waals surface area contributed by atoms with Crippen molar-refractivity contribution in [3.63, 3.8) is 0 Å². The minimum atomic E-state index is -0.156. The third-order valence-electron chi connectivity index (χ3n) is 5.20. The van der Waals surface area contributed by atoms with Gasteiger partial charge in [-0.2, -0.15) is 0 Å². The third-order valence-corrected chi connectivity index (χ3v) is 6.02. The first kappa shape index (κ1) is 21.5. The van der Waals surface area contributed by atoms with Crippen LogP contribution in [0.3, 0.4) is 0 Å². The molecule has 29 heavy (non-hydrogen) atoms. The first-order valence-corrected chi connectivity index (χ1v) is 11.1. The minimum absolute atomic E-state index is 0.156. The van der Waals surface area contributed by atoms with Gasteiger partial charge >= 0.3 is 0 Å².